The maximum absolute atomic E-state index is 5.65. The molecule has 14 heavy (non-hydrogen) atoms. The Morgan fingerprint density at radius 3 is 2.64 bits per heavy atom. The Morgan fingerprint density at radius 2 is 2.00 bits per heavy atom. The summed E-state index contributed by atoms with van der Waals surface area (Å²) in [6, 6.07) is 0.516. The van der Waals surface area contributed by atoms with Crippen molar-refractivity contribution in [3.63, 3.8) is 0 Å². The zero-order chi connectivity index (χ0) is 10.2. The summed E-state index contributed by atoms with van der Waals surface area (Å²) < 4.78 is 0. The van der Waals surface area contributed by atoms with Gasteiger partial charge in [0.1, 0.15) is 0 Å². The summed E-state index contributed by atoms with van der Waals surface area (Å²) in [6.07, 6.45) is 10.9. The van der Waals surface area contributed by atoms with Crippen LogP contribution in [0.2, 0.25) is 0 Å². The summed E-state index contributed by atoms with van der Waals surface area (Å²) in [5.41, 5.74) is 3.18. The molecule has 1 N–H and O–H groups in total. The van der Waals surface area contributed by atoms with Crippen molar-refractivity contribution in [2.45, 2.75) is 77.4 Å². The van der Waals surface area contributed by atoms with Gasteiger partial charge in [0.05, 0.1) is 6.10 Å². The van der Waals surface area contributed by atoms with Gasteiger partial charge in [0.15, 0.2) is 0 Å². The molecule has 0 aromatic rings. The van der Waals surface area contributed by atoms with Crippen molar-refractivity contribution in [2.24, 2.45) is 0 Å². The van der Waals surface area contributed by atoms with Gasteiger partial charge in [-0.05, 0) is 26.2 Å². The predicted molar refractivity (Wildman–Crippen MR) is 60.1 cm³/mol. The second kappa shape index (κ2) is 7.24. The molecule has 0 aliphatic heterocycles. The molecular formula is C12H25NO. The molecule has 0 bridgehead atoms. The van der Waals surface area contributed by atoms with Crippen LogP contribution in [0.15, 0.2) is 0 Å². The highest BCUT2D eigenvalue weighted by molar-refractivity contribution is 4.66. The molecular weight excluding hydrogens is 174 g/mol. The zero-order valence-electron chi connectivity index (χ0n) is 9.72. The van der Waals surface area contributed by atoms with Crippen LogP contribution in [0.5, 0.6) is 0 Å². The smallest absolute Gasteiger partial charge is 0.0790 e. The quantitative estimate of drug-likeness (QED) is 0.501. The monoisotopic (exact) mass is 199 g/mol. The highest BCUT2D eigenvalue weighted by Crippen LogP contribution is 2.20. The second-order valence-corrected chi connectivity index (χ2v) is 4.54. The number of hydroxylamine groups is 1. The van der Waals surface area contributed by atoms with E-state index in [0.717, 1.165) is 0 Å². The number of nitrogens with one attached hydrogen (secondary N) is 1. The minimum atomic E-state index is 0.489. The second-order valence-electron chi connectivity index (χ2n) is 4.54. The van der Waals surface area contributed by atoms with Crippen molar-refractivity contribution in [2.75, 3.05) is 0 Å². The average Bonchev–Trinajstić information content (AvgIpc) is 2.68. The molecule has 0 heterocycles. The largest absolute Gasteiger partial charge is 0.298 e. The van der Waals surface area contributed by atoms with E-state index in [0.29, 0.717) is 12.1 Å². The molecule has 0 saturated heterocycles. The molecule has 0 aromatic heterocycles. The summed E-state index contributed by atoms with van der Waals surface area (Å²) in [4.78, 5) is 5.65. The summed E-state index contributed by atoms with van der Waals surface area (Å²) in [5.74, 6) is 0. The Balaban J connectivity index is 1.93. The van der Waals surface area contributed by atoms with Gasteiger partial charge in [-0.3, -0.25) is 4.84 Å². The van der Waals surface area contributed by atoms with Crippen LogP contribution in [-0.2, 0) is 4.84 Å². The van der Waals surface area contributed by atoms with Gasteiger partial charge in [-0.25, -0.2) is 0 Å². The summed E-state index contributed by atoms with van der Waals surface area (Å²) >= 11 is 0. The third-order valence-corrected chi connectivity index (χ3v) is 2.98. The van der Waals surface area contributed by atoms with Crippen LogP contribution in [0.1, 0.15) is 65.2 Å². The Kier molecular flexibility index (Phi) is 6.20. The highest BCUT2D eigenvalue weighted by Gasteiger charge is 2.16. The van der Waals surface area contributed by atoms with E-state index in [1.807, 2.05) is 0 Å². The van der Waals surface area contributed by atoms with E-state index in [-0.39, 0.29) is 0 Å². The first-order valence-electron chi connectivity index (χ1n) is 6.24. The summed E-state index contributed by atoms with van der Waals surface area (Å²) in [6.45, 7) is 4.46. The topological polar surface area (TPSA) is 21.3 Å². The van der Waals surface area contributed by atoms with Crippen molar-refractivity contribution >= 4 is 0 Å². The maximum atomic E-state index is 5.65. The lowest BCUT2D eigenvalue weighted by Gasteiger charge is -2.17. The lowest BCUT2D eigenvalue weighted by molar-refractivity contribution is -0.0385. The predicted octanol–water partition coefficient (Wildman–Crippen LogP) is 3.42. The van der Waals surface area contributed by atoms with E-state index in [4.69, 9.17) is 4.84 Å². The summed E-state index contributed by atoms with van der Waals surface area (Å²) in [7, 11) is 0. The van der Waals surface area contributed by atoms with Crippen LogP contribution in [0.3, 0.4) is 0 Å². The van der Waals surface area contributed by atoms with Crippen LogP contribution >= 0.6 is 0 Å². The Labute approximate surface area is 88.4 Å². The lowest BCUT2D eigenvalue weighted by atomic mass is 10.1. The van der Waals surface area contributed by atoms with E-state index in [1.165, 1.54) is 51.4 Å². The van der Waals surface area contributed by atoms with Gasteiger partial charge in [-0.2, -0.15) is 5.48 Å². The van der Waals surface area contributed by atoms with Gasteiger partial charge >= 0.3 is 0 Å². The fourth-order valence-electron chi connectivity index (χ4n) is 1.98. The van der Waals surface area contributed by atoms with Gasteiger partial charge < -0.3 is 0 Å². The molecule has 0 spiro atoms. The van der Waals surface area contributed by atoms with Crippen molar-refractivity contribution in [3.05, 3.63) is 0 Å². The Bertz CT molecular complexity index is 132. The first-order chi connectivity index (χ1) is 6.83. The molecule has 0 aromatic carbocycles. The third kappa shape index (κ3) is 4.97. The summed E-state index contributed by atoms with van der Waals surface area (Å²) in [5, 5.41) is 0. The van der Waals surface area contributed by atoms with E-state index < -0.39 is 0 Å². The third-order valence-electron chi connectivity index (χ3n) is 2.98. The fraction of sp³-hybridized carbons (Fsp3) is 1.00. The van der Waals surface area contributed by atoms with E-state index in [2.05, 4.69) is 19.3 Å². The molecule has 1 aliphatic carbocycles. The molecule has 0 radical (unpaired) electrons. The molecule has 84 valence electrons. The SMILES string of the molecule is CCCCCC(C)NOC1CCCC1. The molecule has 1 fully saturated rings. The van der Waals surface area contributed by atoms with Gasteiger partial charge in [0.25, 0.3) is 0 Å². The van der Waals surface area contributed by atoms with Gasteiger partial charge in [-0.1, -0.05) is 39.0 Å². The normalized spacial score (nSPS) is 20.1. The van der Waals surface area contributed by atoms with Gasteiger partial charge in [-0.15, -0.1) is 0 Å². The van der Waals surface area contributed by atoms with Gasteiger partial charge in [0, 0.05) is 6.04 Å². The van der Waals surface area contributed by atoms with Crippen LogP contribution in [0, 0.1) is 0 Å². The number of hydrogen-bond donors (Lipinski definition) is 1. The Hall–Kier alpha value is -0.0800. The molecule has 1 unspecified atom stereocenters. The van der Waals surface area contributed by atoms with Crippen molar-refractivity contribution < 1.29 is 4.84 Å². The molecule has 0 amide bonds. The maximum Gasteiger partial charge on any atom is 0.0790 e. The minimum Gasteiger partial charge on any atom is -0.298 e. The van der Waals surface area contributed by atoms with Crippen LogP contribution in [-0.4, -0.2) is 12.1 Å². The Morgan fingerprint density at radius 1 is 1.29 bits per heavy atom. The first kappa shape index (κ1) is 12.0. The van der Waals surface area contributed by atoms with Crippen LogP contribution in [0.25, 0.3) is 0 Å². The van der Waals surface area contributed by atoms with Crippen molar-refractivity contribution in [1.29, 1.82) is 0 Å². The lowest BCUT2D eigenvalue weighted by Crippen LogP contribution is -2.30. The van der Waals surface area contributed by atoms with E-state index in [1.54, 1.807) is 0 Å². The fourth-order valence-corrected chi connectivity index (χ4v) is 1.98. The zero-order valence-corrected chi connectivity index (χ0v) is 9.72. The number of unbranched alkanes of at least 4 members (excludes halogenated alkanes) is 2. The first-order valence-corrected chi connectivity index (χ1v) is 6.24. The number of hydrogen-bond acceptors (Lipinski definition) is 2. The van der Waals surface area contributed by atoms with Gasteiger partial charge in [0.2, 0.25) is 0 Å². The molecule has 1 atom stereocenters. The van der Waals surface area contributed by atoms with Crippen molar-refractivity contribution in [3.8, 4) is 0 Å². The minimum absolute atomic E-state index is 0.489. The molecule has 1 saturated carbocycles. The highest BCUT2D eigenvalue weighted by atomic mass is 16.7. The number of rotatable bonds is 7. The van der Waals surface area contributed by atoms with Crippen LogP contribution in [0.4, 0.5) is 0 Å². The van der Waals surface area contributed by atoms with E-state index >= 15 is 0 Å². The molecule has 2 heteroatoms. The molecule has 1 aliphatic rings. The molecule has 1 rings (SSSR count). The average molecular weight is 199 g/mol. The van der Waals surface area contributed by atoms with Crippen molar-refractivity contribution in [1.82, 2.24) is 5.48 Å². The van der Waals surface area contributed by atoms with E-state index in [9.17, 15) is 0 Å². The standard InChI is InChI=1S/C12H25NO/c1-3-4-5-8-11(2)13-14-12-9-6-7-10-12/h11-13H,3-10H2,1-2H3. The molecule has 2 nitrogen and oxygen atoms in total. The van der Waals surface area contributed by atoms with Crippen LogP contribution < -0.4 is 5.48 Å².